The van der Waals surface area contributed by atoms with Crippen LogP contribution in [0.2, 0.25) is 0 Å². The number of nitrogens with one attached hydrogen (secondary N) is 1. The number of hydrogen-bond donors (Lipinski definition) is 1. The number of carbonyl (C=O) groups is 1. The van der Waals surface area contributed by atoms with Gasteiger partial charge in [-0.15, -0.1) is 10.2 Å². The summed E-state index contributed by atoms with van der Waals surface area (Å²) in [4.78, 5) is 15.0. The van der Waals surface area contributed by atoms with Gasteiger partial charge in [-0.3, -0.25) is 4.79 Å². The lowest BCUT2D eigenvalue weighted by Crippen LogP contribution is -2.45. The zero-order valence-electron chi connectivity index (χ0n) is 17.3. The minimum absolute atomic E-state index is 0.0236. The van der Waals surface area contributed by atoms with Crippen molar-refractivity contribution in [2.45, 2.75) is 38.6 Å². The molecule has 3 aromatic rings. The number of piperidine rings is 1. The smallest absolute Gasteiger partial charge is 0.225 e. The van der Waals surface area contributed by atoms with Crippen LogP contribution in [0, 0.1) is 5.92 Å². The molecule has 30 heavy (non-hydrogen) atoms. The van der Waals surface area contributed by atoms with E-state index in [4.69, 9.17) is 4.42 Å². The van der Waals surface area contributed by atoms with E-state index in [1.54, 1.807) is 6.26 Å². The maximum Gasteiger partial charge on any atom is 0.225 e. The summed E-state index contributed by atoms with van der Waals surface area (Å²) in [6, 6.07) is 18.1. The molecule has 1 aliphatic heterocycles. The van der Waals surface area contributed by atoms with E-state index in [-0.39, 0.29) is 17.9 Å². The monoisotopic (exact) mass is 404 g/mol. The van der Waals surface area contributed by atoms with E-state index in [2.05, 4.69) is 51.6 Å². The molecule has 3 heterocycles. The van der Waals surface area contributed by atoms with Gasteiger partial charge in [0.1, 0.15) is 5.69 Å². The van der Waals surface area contributed by atoms with Crippen molar-refractivity contribution in [1.29, 1.82) is 0 Å². The van der Waals surface area contributed by atoms with Crippen molar-refractivity contribution in [2.75, 3.05) is 18.0 Å². The normalized spacial score (nSPS) is 17.5. The van der Waals surface area contributed by atoms with Crippen LogP contribution in [0.4, 0.5) is 5.82 Å². The second-order valence-electron chi connectivity index (χ2n) is 7.97. The number of carbonyl (C=O) groups excluding carboxylic acids is 1. The molecule has 1 fully saturated rings. The highest BCUT2D eigenvalue weighted by atomic mass is 16.3. The molecular weight excluding hydrogens is 376 g/mol. The Morgan fingerprint density at radius 3 is 2.77 bits per heavy atom. The van der Waals surface area contributed by atoms with Crippen molar-refractivity contribution in [3.8, 4) is 11.5 Å². The predicted molar refractivity (Wildman–Crippen MR) is 117 cm³/mol. The molecule has 4 rings (SSSR count). The van der Waals surface area contributed by atoms with Gasteiger partial charge in [0.25, 0.3) is 0 Å². The average molecular weight is 405 g/mol. The molecular formula is C24H28N4O2. The molecule has 0 radical (unpaired) electrons. The van der Waals surface area contributed by atoms with Gasteiger partial charge < -0.3 is 14.6 Å². The van der Waals surface area contributed by atoms with Gasteiger partial charge in [-0.25, -0.2) is 0 Å². The summed E-state index contributed by atoms with van der Waals surface area (Å²) >= 11 is 0. The molecule has 156 valence electrons. The number of amides is 1. The molecule has 0 aliphatic carbocycles. The largest absolute Gasteiger partial charge is 0.463 e. The van der Waals surface area contributed by atoms with Crippen LogP contribution in [-0.2, 0) is 11.2 Å². The summed E-state index contributed by atoms with van der Waals surface area (Å²) in [5.74, 6) is 1.62. The van der Waals surface area contributed by atoms with Crippen LogP contribution in [0.3, 0.4) is 0 Å². The second-order valence-corrected chi connectivity index (χ2v) is 7.97. The Bertz CT molecular complexity index is 926. The number of hydrogen-bond acceptors (Lipinski definition) is 5. The maximum absolute atomic E-state index is 12.8. The highest BCUT2D eigenvalue weighted by Crippen LogP contribution is 2.24. The molecule has 6 heteroatoms. The summed E-state index contributed by atoms with van der Waals surface area (Å²) < 4.78 is 5.37. The minimum atomic E-state index is -0.0236. The molecule has 2 aromatic heterocycles. The first kappa shape index (κ1) is 20.1. The quantitative estimate of drug-likeness (QED) is 0.642. The molecule has 1 N–H and O–H groups in total. The van der Waals surface area contributed by atoms with Gasteiger partial charge in [0.2, 0.25) is 5.91 Å². The van der Waals surface area contributed by atoms with Crippen molar-refractivity contribution in [3.05, 3.63) is 66.4 Å². The molecule has 1 saturated heterocycles. The van der Waals surface area contributed by atoms with Gasteiger partial charge in [0, 0.05) is 19.1 Å². The molecule has 6 nitrogen and oxygen atoms in total. The van der Waals surface area contributed by atoms with Crippen LogP contribution in [0.25, 0.3) is 11.5 Å². The van der Waals surface area contributed by atoms with Crippen molar-refractivity contribution in [2.24, 2.45) is 5.92 Å². The van der Waals surface area contributed by atoms with Crippen LogP contribution < -0.4 is 10.2 Å². The lowest BCUT2D eigenvalue weighted by atomic mass is 9.96. The number of nitrogens with zero attached hydrogens (tertiary/aromatic N) is 3. The standard InChI is InChI=1S/C24H28N4O2/c1-18(11-12-19-7-3-2-4-8-19)25-24(29)20-9-5-15-28(17-20)23-14-13-21(26-27-23)22-10-6-16-30-22/h2-4,6-8,10,13-14,16,18,20H,5,9,11-12,15,17H2,1H3,(H,25,29). The first-order valence-electron chi connectivity index (χ1n) is 10.7. The Morgan fingerprint density at radius 1 is 1.17 bits per heavy atom. The lowest BCUT2D eigenvalue weighted by molar-refractivity contribution is -0.125. The minimum Gasteiger partial charge on any atom is -0.463 e. The van der Waals surface area contributed by atoms with Crippen molar-refractivity contribution in [3.63, 3.8) is 0 Å². The Labute approximate surface area is 177 Å². The Hall–Kier alpha value is -3.15. The third-order valence-electron chi connectivity index (χ3n) is 5.64. The van der Waals surface area contributed by atoms with Crippen molar-refractivity contribution >= 4 is 11.7 Å². The molecule has 0 saturated carbocycles. The second kappa shape index (κ2) is 9.57. The summed E-state index contributed by atoms with van der Waals surface area (Å²) in [6.07, 6.45) is 5.41. The Balaban J connectivity index is 1.30. The third kappa shape index (κ3) is 5.06. The van der Waals surface area contributed by atoms with E-state index < -0.39 is 0 Å². The lowest BCUT2D eigenvalue weighted by Gasteiger charge is -2.33. The number of aryl methyl sites for hydroxylation is 1. The first-order valence-corrected chi connectivity index (χ1v) is 10.7. The van der Waals surface area contributed by atoms with Gasteiger partial charge in [-0.1, -0.05) is 30.3 Å². The average Bonchev–Trinajstić information content (AvgIpc) is 3.34. The van der Waals surface area contributed by atoms with Crippen LogP contribution >= 0.6 is 0 Å². The molecule has 1 aliphatic rings. The zero-order valence-corrected chi connectivity index (χ0v) is 17.3. The van der Waals surface area contributed by atoms with Crippen molar-refractivity contribution in [1.82, 2.24) is 15.5 Å². The molecule has 2 atom stereocenters. The topological polar surface area (TPSA) is 71.3 Å². The van der Waals surface area contributed by atoms with Gasteiger partial charge in [0.15, 0.2) is 11.6 Å². The van der Waals surface area contributed by atoms with Crippen LogP contribution in [0.5, 0.6) is 0 Å². The molecule has 2 unspecified atom stereocenters. The van der Waals surface area contributed by atoms with E-state index in [0.29, 0.717) is 18.0 Å². The fourth-order valence-electron chi connectivity index (χ4n) is 3.91. The van der Waals surface area contributed by atoms with E-state index in [9.17, 15) is 4.79 Å². The highest BCUT2D eigenvalue weighted by Gasteiger charge is 2.27. The highest BCUT2D eigenvalue weighted by molar-refractivity contribution is 5.79. The van der Waals surface area contributed by atoms with Gasteiger partial charge in [-0.05, 0) is 62.4 Å². The van der Waals surface area contributed by atoms with Crippen LogP contribution in [-0.4, -0.2) is 35.2 Å². The van der Waals surface area contributed by atoms with Crippen LogP contribution in [0.15, 0.2) is 65.3 Å². The maximum atomic E-state index is 12.8. The number of aromatic nitrogens is 2. The molecule has 1 aromatic carbocycles. The van der Waals surface area contributed by atoms with Gasteiger partial charge in [-0.2, -0.15) is 0 Å². The summed E-state index contributed by atoms with van der Waals surface area (Å²) in [6.45, 7) is 3.65. The number of benzene rings is 1. The van der Waals surface area contributed by atoms with Gasteiger partial charge >= 0.3 is 0 Å². The fraction of sp³-hybridized carbons (Fsp3) is 0.375. The fourth-order valence-corrected chi connectivity index (χ4v) is 3.91. The van der Waals surface area contributed by atoms with Crippen LogP contribution in [0.1, 0.15) is 31.7 Å². The number of furan rings is 1. The predicted octanol–water partition coefficient (Wildman–Crippen LogP) is 4.09. The third-order valence-corrected chi connectivity index (χ3v) is 5.64. The molecule has 1 amide bonds. The Kier molecular flexibility index (Phi) is 6.42. The number of anilines is 1. The summed E-state index contributed by atoms with van der Waals surface area (Å²) in [5.41, 5.74) is 2.02. The summed E-state index contributed by atoms with van der Waals surface area (Å²) in [5, 5.41) is 11.8. The SMILES string of the molecule is CC(CCc1ccccc1)NC(=O)C1CCCN(c2ccc(-c3ccco3)nn2)C1. The van der Waals surface area contributed by atoms with Crippen molar-refractivity contribution < 1.29 is 9.21 Å². The molecule has 0 bridgehead atoms. The van der Waals surface area contributed by atoms with E-state index in [0.717, 1.165) is 38.0 Å². The van der Waals surface area contributed by atoms with E-state index in [1.807, 2.05) is 30.3 Å². The summed E-state index contributed by atoms with van der Waals surface area (Å²) in [7, 11) is 0. The van der Waals surface area contributed by atoms with E-state index in [1.165, 1.54) is 5.56 Å². The van der Waals surface area contributed by atoms with E-state index >= 15 is 0 Å². The Morgan fingerprint density at radius 2 is 2.03 bits per heavy atom. The zero-order chi connectivity index (χ0) is 20.8. The van der Waals surface area contributed by atoms with Gasteiger partial charge in [0.05, 0.1) is 12.2 Å². The number of rotatable bonds is 7. The first-order chi connectivity index (χ1) is 14.7. The molecule has 0 spiro atoms.